The molecule has 0 spiro atoms. The first-order chi connectivity index (χ1) is 12.6. The van der Waals surface area contributed by atoms with Crippen LogP contribution in [0.3, 0.4) is 0 Å². The van der Waals surface area contributed by atoms with E-state index in [-0.39, 0.29) is 0 Å². The molecule has 0 aliphatic rings. The van der Waals surface area contributed by atoms with Crippen molar-refractivity contribution in [2.24, 2.45) is 0 Å². The van der Waals surface area contributed by atoms with E-state index < -0.39 is 0 Å². The molecule has 0 amide bonds. The van der Waals surface area contributed by atoms with Gasteiger partial charge in [0.1, 0.15) is 18.6 Å². The summed E-state index contributed by atoms with van der Waals surface area (Å²) < 4.78 is 6.01. The van der Waals surface area contributed by atoms with Crippen LogP contribution in [0.4, 0.5) is 0 Å². The van der Waals surface area contributed by atoms with Crippen molar-refractivity contribution in [3.8, 4) is 5.75 Å². The van der Waals surface area contributed by atoms with Crippen molar-refractivity contribution in [2.75, 3.05) is 0 Å². The van der Waals surface area contributed by atoms with Crippen molar-refractivity contribution in [3.63, 3.8) is 0 Å². The minimum atomic E-state index is 0.525. The van der Waals surface area contributed by atoms with Crippen molar-refractivity contribution in [1.82, 2.24) is 0 Å². The maximum atomic E-state index is 11.1. The van der Waals surface area contributed by atoms with Crippen LogP contribution in [-0.4, -0.2) is 6.29 Å². The van der Waals surface area contributed by atoms with Crippen LogP contribution < -0.4 is 4.74 Å². The first-order valence-corrected chi connectivity index (χ1v) is 9.12. The SMILES string of the molecule is CC(C)=CCC/C(C)=C/Cc1cc(C=O)ccc1OCc1ccccc1. The van der Waals surface area contributed by atoms with Crippen LogP contribution in [0.15, 0.2) is 71.8 Å². The molecular formula is C24H28O2. The molecule has 0 saturated carbocycles. The van der Waals surface area contributed by atoms with Gasteiger partial charge in [-0.15, -0.1) is 0 Å². The molecule has 0 aromatic heterocycles. The zero-order valence-corrected chi connectivity index (χ0v) is 16.0. The van der Waals surface area contributed by atoms with E-state index in [0.29, 0.717) is 12.2 Å². The molecule has 2 nitrogen and oxygen atoms in total. The molecule has 0 bridgehead atoms. The van der Waals surface area contributed by atoms with E-state index in [1.807, 2.05) is 48.5 Å². The van der Waals surface area contributed by atoms with Gasteiger partial charge >= 0.3 is 0 Å². The Labute approximate surface area is 157 Å². The average molecular weight is 348 g/mol. The summed E-state index contributed by atoms with van der Waals surface area (Å²) in [7, 11) is 0. The smallest absolute Gasteiger partial charge is 0.150 e. The second kappa shape index (κ2) is 10.4. The average Bonchev–Trinajstić information content (AvgIpc) is 2.65. The lowest BCUT2D eigenvalue weighted by Gasteiger charge is -2.12. The van der Waals surface area contributed by atoms with Crippen LogP contribution in [0.1, 0.15) is 55.1 Å². The van der Waals surface area contributed by atoms with Gasteiger partial charge in [0, 0.05) is 5.56 Å². The third-order valence-corrected chi connectivity index (χ3v) is 4.22. The zero-order valence-electron chi connectivity index (χ0n) is 16.0. The molecule has 0 aliphatic carbocycles. The third-order valence-electron chi connectivity index (χ3n) is 4.22. The first kappa shape index (κ1) is 19.7. The monoisotopic (exact) mass is 348 g/mol. The standard InChI is InChI=1S/C24H28O2/c1-19(2)8-7-9-20(3)12-14-23-16-22(17-25)13-15-24(23)26-18-21-10-5-4-6-11-21/h4-6,8,10-13,15-17H,7,9,14,18H2,1-3H3/b20-12+. The summed E-state index contributed by atoms with van der Waals surface area (Å²) in [5.41, 5.74) is 5.57. The summed E-state index contributed by atoms with van der Waals surface area (Å²) in [5, 5.41) is 0. The van der Waals surface area contributed by atoms with E-state index in [1.54, 1.807) is 0 Å². The highest BCUT2D eigenvalue weighted by Crippen LogP contribution is 2.23. The van der Waals surface area contributed by atoms with Gasteiger partial charge in [-0.1, -0.05) is 53.6 Å². The van der Waals surface area contributed by atoms with E-state index in [2.05, 4.69) is 32.9 Å². The van der Waals surface area contributed by atoms with Crippen molar-refractivity contribution in [1.29, 1.82) is 0 Å². The second-order valence-electron chi connectivity index (χ2n) is 6.83. The molecule has 0 fully saturated rings. The minimum absolute atomic E-state index is 0.525. The van der Waals surface area contributed by atoms with E-state index in [1.165, 1.54) is 11.1 Å². The molecule has 0 radical (unpaired) electrons. The fourth-order valence-electron chi connectivity index (χ4n) is 2.68. The van der Waals surface area contributed by atoms with Gasteiger partial charge in [-0.3, -0.25) is 4.79 Å². The number of hydrogen-bond donors (Lipinski definition) is 0. The van der Waals surface area contributed by atoms with Gasteiger partial charge in [-0.2, -0.15) is 0 Å². The highest BCUT2D eigenvalue weighted by Gasteiger charge is 2.05. The molecule has 136 valence electrons. The first-order valence-electron chi connectivity index (χ1n) is 9.12. The Morgan fingerprint density at radius 3 is 2.46 bits per heavy atom. The molecular weight excluding hydrogens is 320 g/mol. The molecule has 0 heterocycles. The lowest BCUT2D eigenvalue weighted by Crippen LogP contribution is -1.99. The van der Waals surface area contributed by atoms with Crippen molar-refractivity contribution in [3.05, 3.63) is 88.5 Å². The Morgan fingerprint density at radius 1 is 1.00 bits per heavy atom. The Kier molecular flexibility index (Phi) is 7.88. The van der Waals surface area contributed by atoms with Gasteiger partial charge in [0.05, 0.1) is 0 Å². The maximum Gasteiger partial charge on any atom is 0.150 e. The van der Waals surface area contributed by atoms with Gasteiger partial charge in [-0.25, -0.2) is 0 Å². The number of rotatable bonds is 9. The predicted octanol–water partition coefficient (Wildman–Crippen LogP) is 6.31. The summed E-state index contributed by atoms with van der Waals surface area (Å²) in [4.78, 5) is 11.1. The predicted molar refractivity (Wildman–Crippen MR) is 109 cm³/mol. The topological polar surface area (TPSA) is 26.3 Å². The molecule has 0 unspecified atom stereocenters. The van der Waals surface area contributed by atoms with Crippen LogP contribution >= 0.6 is 0 Å². The van der Waals surface area contributed by atoms with Gasteiger partial charge in [-0.05, 0) is 69.4 Å². The van der Waals surface area contributed by atoms with E-state index in [4.69, 9.17) is 4.74 Å². The number of ether oxygens (including phenoxy) is 1. The molecule has 2 rings (SSSR count). The third kappa shape index (κ3) is 6.72. The largest absolute Gasteiger partial charge is 0.489 e. The summed E-state index contributed by atoms with van der Waals surface area (Å²) in [6.07, 6.45) is 8.27. The van der Waals surface area contributed by atoms with Crippen LogP contribution in [0, 0.1) is 0 Å². The highest BCUT2D eigenvalue weighted by molar-refractivity contribution is 5.75. The fraction of sp³-hybridized carbons (Fsp3) is 0.292. The fourth-order valence-corrected chi connectivity index (χ4v) is 2.68. The van der Waals surface area contributed by atoms with Crippen molar-refractivity contribution >= 4 is 6.29 Å². The van der Waals surface area contributed by atoms with Gasteiger partial charge < -0.3 is 4.74 Å². The number of carbonyl (C=O) groups excluding carboxylic acids is 1. The van der Waals surface area contributed by atoms with Gasteiger partial charge in [0.25, 0.3) is 0 Å². The van der Waals surface area contributed by atoms with E-state index in [9.17, 15) is 4.79 Å². The molecule has 2 aromatic carbocycles. The quantitative estimate of drug-likeness (QED) is 0.392. The molecule has 0 saturated heterocycles. The number of allylic oxidation sites excluding steroid dienone is 4. The normalized spacial score (nSPS) is 11.1. The van der Waals surface area contributed by atoms with Crippen molar-refractivity contribution in [2.45, 2.75) is 46.6 Å². The molecule has 0 atom stereocenters. The molecule has 2 aromatic rings. The molecule has 26 heavy (non-hydrogen) atoms. The van der Waals surface area contributed by atoms with Gasteiger partial charge in [0.15, 0.2) is 0 Å². The lowest BCUT2D eigenvalue weighted by atomic mass is 10.0. The Morgan fingerprint density at radius 2 is 1.77 bits per heavy atom. The summed E-state index contributed by atoms with van der Waals surface area (Å²) >= 11 is 0. The molecule has 2 heteroatoms. The number of benzene rings is 2. The van der Waals surface area contributed by atoms with Crippen LogP contribution in [0.2, 0.25) is 0 Å². The van der Waals surface area contributed by atoms with Crippen LogP contribution in [0.25, 0.3) is 0 Å². The molecule has 0 N–H and O–H groups in total. The number of carbonyl (C=O) groups is 1. The molecule has 0 aliphatic heterocycles. The van der Waals surface area contributed by atoms with Crippen molar-refractivity contribution < 1.29 is 9.53 Å². The summed E-state index contributed by atoms with van der Waals surface area (Å²) in [5.74, 6) is 0.841. The summed E-state index contributed by atoms with van der Waals surface area (Å²) in [6.45, 7) is 6.94. The zero-order chi connectivity index (χ0) is 18.8. The second-order valence-corrected chi connectivity index (χ2v) is 6.83. The maximum absolute atomic E-state index is 11.1. The Balaban J connectivity index is 2.07. The Hall–Kier alpha value is -2.61. The van der Waals surface area contributed by atoms with Crippen LogP contribution in [0.5, 0.6) is 5.75 Å². The Bertz CT molecular complexity index is 766. The number of aldehydes is 1. The minimum Gasteiger partial charge on any atom is -0.489 e. The van der Waals surface area contributed by atoms with Crippen LogP contribution in [-0.2, 0) is 13.0 Å². The highest BCUT2D eigenvalue weighted by atomic mass is 16.5. The summed E-state index contributed by atoms with van der Waals surface area (Å²) in [6, 6.07) is 15.7. The lowest BCUT2D eigenvalue weighted by molar-refractivity contribution is 0.112. The van der Waals surface area contributed by atoms with E-state index in [0.717, 1.165) is 42.4 Å². The number of hydrogen-bond acceptors (Lipinski definition) is 2. The van der Waals surface area contributed by atoms with E-state index >= 15 is 0 Å². The van der Waals surface area contributed by atoms with Gasteiger partial charge in [0.2, 0.25) is 0 Å².